The Morgan fingerprint density at radius 3 is 2.05 bits per heavy atom. The summed E-state index contributed by atoms with van der Waals surface area (Å²) in [7, 11) is -4.48. The highest BCUT2D eigenvalue weighted by Gasteiger charge is 2.36. The SMILES string of the molecule is CC[C@@H](C)NC(=O)[C@H](CC)N(Cc1ccccc1)C(=O)CN(c1cccc(C(F)(F)F)c1)S(=O)(=O)c1ccccc1. The van der Waals surface area contributed by atoms with Gasteiger partial charge in [-0.15, -0.1) is 0 Å². The Bertz CT molecular complexity index is 1420. The van der Waals surface area contributed by atoms with Crippen LogP contribution < -0.4 is 9.62 Å². The molecule has 0 unspecified atom stereocenters. The summed E-state index contributed by atoms with van der Waals surface area (Å²) in [6.45, 7) is 4.64. The van der Waals surface area contributed by atoms with Gasteiger partial charge in [-0.3, -0.25) is 13.9 Å². The van der Waals surface area contributed by atoms with E-state index in [1.165, 1.54) is 35.2 Å². The fourth-order valence-electron chi connectivity index (χ4n) is 4.23. The molecule has 0 spiro atoms. The zero-order chi connectivity index (χ0) is 30.2. The summed E-state index contributed by atoms with van der Waals surface area (Å²) in [4.78, 5) is 28.3. The van der Waals surface area contributed by atoms with Crippen LogP contribution in [0, 0.1) is 0 Å². The molecule has 0 saturated carbocycles. The van der Waals surface area contributed by atoms with Crippen LogP contribution in [0.15, 0.2) is 89.8 Å². The van der Waals surface area contributed by atoms with E-state index in [0.717, 1.165) is 12.1 Å². The van der Waals surface area contributed by atoms with E-state index in [-0.39, 0.29) is 29.6 Å². The van der Waals surface area contributed by atoms with Gasteiger partial charge in [0.15, 0.2) is 0 Å². The molecule has 41 heavy (non-hydrogen) atoms. The zero-order valence-corrected chi connectivity index (χ0v) is 24.0. The van der Waals surface area contributed by atoms with E-state index >= 15 is 0 Å². The highest BCUT2D eigenvalue weighted by Crippen LogP contribution is 2.33. The van der Waals surface area contributed by atoms with Crippen molar-refractivity contribution in [1.82, 2.24) is 10.2 Å². The van der Waals surface area contributed by atoms with Crippen LogP contribution in [-0.2, 0) is 32.3 Å². The average molecular weight is 590 g/mol. The minimum atomic E-state index is -4.73. The van der Waals surface area contributed by atoms with Crippen LogP contribution in [0.3, 0.4) is 0 Å². The molecular formula is C30H34F3N3O4S. The molecule has 2 atom stereocenters. The van der Waals surface area contributed by atoms with Gasteiger partial charge < -0.3 is 10.2 Å². The molecule has 0 bridgehead atoms. The molecule has 1 N–H and O–H groups in total. The van der Waals surface area contributed by atoms with Crippen molar-refractivity contribution in [3.8, 4) is 0 Å². The van der Waals surface area contributed by atoms with E-state index in [0.29, 0.717) is 22.4 Å². The van der Waals surface area contributed by atoms with E-state index in [9.17, 15) is 31.2 Å². The summed E-state index contributed by atoms with van der Waals surface area (Å²) in [5.74, 6) is -1.14. The number of anilines is 1. The number of rotatable bonds is 12. The molecule has 0 aliphatic heterocycles. The van der Waals surface area contributed by atoms with Gasteiger partial charge in [0.1, 0.15) is 12.6 Å². The Morgan fingerprint density at radius 2 is 1.49 bits per heavy atom. The molecule has 0 fully saturated rings. The fraction of sp³-hybridized carbons (Fsp3) is 0.333. The molecule has 0 aromatic heterocycles. The minimum Gasteiger partial charge on any atom is -0.352 e. The number of nitrogens with one attached hydrogen (secondary N) is 1. The number of amides is 2. The van der Waals surface area contributed by atoms with Crippen LogP contribution in [0.1, 0.15) is 44.7 Å². The van der Waals surface area contributed by atoms with Crippen LogP contribution >= 0.6 is 0 Å². The molecule has 2 amide bonds. The number of alkyl halides is 3. The summed E-state index contributed by atoms with van der Waals surface area (Å²) in [5.41, 5.74) is -0.683. The normalized spacial score (nSPS) is 13.2. The van der Waals surface area contributed by atoms with E-state index < -0.39 is 46.2 Å². The summed E-state index contributed by atoms with van der Waals surface area (Å²) < 4.78 is 68.9. The first-order chi connectivity index (χ1) is 19.4. The molecule has 11 heteroatoms. The number of sulfonamides is 1. The van der Waals surface area contributed by atoms with Crippen LogP contribution in [-0.4, -0.2) is 43.8 Å². The van der Waals surface area contributed by atoms with Crippen molar-refractivity contribution in [2.24, 2.45) is 0 Å². The standard InChI is InChI=1S/C30H34F3N3O4S/c1-4-22(3)34-29(38)27(5-2)35(20-23-13-8-6-9-14-23)28(37)21-36(41(39,40)26-17-10-7-11-18-26)25-16-12-15-24(19-25)30(31,32)33/h6-19,22,27H,4-5,20-21H2,1-3H3,(H,34,38)/t22-,27+/m1/s1. The molecule has 3 aromatic carbocycles. The van der Waals surface area contributed by atoms with Crippen molar-refractivity contribution < 1.29 is 31.2 Å². The number of hydrogen-bond acceptors (Lipinski definition) is 4. The largest absolute Gasteiger partial charge is 0.416 e. The van der Waals surface area contributed by atoms with Gasteiger partial charge in [0, 0.05) is 12.6 Å². The lowest BCUT2D eigenvalue weighted by atomic mass is 10.1. The second-order valence-corrected chi connectivity index (χ2v) is 11.5. The predicted molar refractivity (Wildman–Crippen MR) is 151 cm³/mol. The Balaban J connectivity index is 2.09. The van der Waals surface area contributed by atoms with Crippen LogP contribution in [0.2, 0.25) is 0 Å². The van der Waals surface area contributed by atoms with Crippen LogP contribution in [0.25, 0.3) is 0 Å². The van der Waals surface area contributed by atoms with Gasteiger partial charge >= 0.3 is 6.18 Å². The van der Waals surface area contributed by atoms with Gasteiger partial charge in [-0.25, -0.2) is 8.42 Å². The lowest BCUT2D eigenvalue weighted by Crippen LogP contribution is -2.53. The van der Waals surface area contributed by atoms with Gasteiger partial charge in [0.25, 0.3) is 10.0 Å². The molecule has 0 aliphatic rings. The van der Waals surface area contributed by atoms with E-state index in [1.807, 2.05) is 13.8 Å². The maximum atomic E-state index is 14.0. The topological polar surface area (TPSA) is 86.8 Å². The van der Waals surface area contributed by atoms with Crippen molar-refractivity contribution >= 4 is 27.5 Å². The Morgan fingerprint density at radius 1 is 0.878 bits per heavy atom. The number of nitrogens with zero attached hydrogens (tertiary/aromatic N) is 2. The lowest BCUT2D eigenvalue weighted by molar-refractivity contribution is -0.140. The van der Waals surface area contributed by atoms with E-state index in [1.54, 1.807) is 43.3 Å². The number of carbonyl (C=O) groups excluding carboxylic acids is 2. The second kappa shape index (κ2) is 13.7. The summed E-state index contributed by atoms with van der Waals surface area (Å²) in [5, 5.41) is 2.88. The third-order valence-corrected chi connectivity index (χ3v) is 8.44. The minimum absolute atomic E-state index is 0.00603. The Hall–Kier alpha value is -3.86. The zero-order valence-electron chi connectivity index (χ0n) is 23.1. The Kier molecular flexibility index (Phi) is 10.6. The van der Waals surface area contributed by atoms with Crippen LogP contribution in [0.5, 0.6) is 0 Å². The van der Waals surface area contributed by atoms with Gasteiger partial charge in [0.05, 0.1) is 16.1 Å². The molecule has 0 aliphatic carbocycles. The third-order valence-electron chi connectivity index (χ3n) is 6.65. The maximum absolute atomic E-state index is 14.0. The van der Waals surface area contributed by atoms with Gasteiger partial charge in [-0.2, -0.15) is 13.2 Å². The first kappa shape index (κ1) is 31.7. The van der Waals surface area contributed by atoms with Crippen molar-refractivity contribution in [2.75, 3.05) is 10.8 Å². The molecule has 3 aromatic rings. The Labute approximate surface area is 239 Å². The van der Waals surface area contributed by atoms with Gasteiger partial charge in [-0.1, -0.05) is 68.4 Å². The first-order valence-corrected chi connectivity index (χ1v) is 14.7. The quantitative estimate of drug-likeness (QED) is 0.297. The van der Waals surface area contributed by atoms with Gasteiger partial charge in [0.2, 0.25) is 11.8 Å². The second-order valence-electron chi connectivity index (χ2n) is 9.62. The number of halogens is 3. The third kappa shape index (κ3) is 8.09. The van der Waals surface area contributed by atoms with E-state index in [2.05, 4.69) is 5.32 Å². The predicted octanol–water partition coefficient (Wildman–Crippen LogP) is 5.62. The fourth-order valence-corrected chi connectivity index (χ4v) is 5.65. The smallest absolute Gasteiger partial charge is 0.352 e. The molecule has 7 nitrogen and oxygen atoms in total. The monoisotopic (exact) mass is 589 g/mol. The average Bonchev–Trinajstić information content (AvgIpc) is 2.96. The summed E-state index contributed by atoms with van der Waals surface area (Å²) in [6, 6.07) is 18.7. The van der Waals surface area contributed by atoms with Crippen molar-refractivity contribution in [3.05, 3.63) is 96.1 Å². The van der Waals surface area contributed by atoms with Crippen molar-refractivity contribution in [1.29, 1.82) is 0 Å². The first-order valence-electron chi connectivity index (χ1n) is 13.3. The van der Waals surface area contributed by atoms with Crippen molar-refractivity contribution in [3.63, 3.8) is 0 Å². The molecule has 3 rings (SSSR count). The number of hydrogen-bond donors (Lipinski definition) is 1. The summed E-state index contributed by atoms with van der Waals surface area (Å²) in [6.07, 6.45) is -3.84. The van der Waals surface area contributed by atoms with E-state index in [4.69, 9.17) is 0 Å². The molecular weight excluding hydrogens is 555 g/mol. The highest BCUT2D eigenvalue weighted by molar-refractivity contribution is 7.92. The van der Waals surface area contributed by atoms with Crippen LogP contribution in [0.4, 0.5) is 18.9 Å². The number of carbonyl (C=O) groups is 2. The molecule has 0 radical (unpaired) electrons. The van der Waals surface area contributed by atoms with Gasteiger partial charge in [-0.05, 0) is 55.7 Å². The summed E-state index contributed by atoms with van der Waals surface area (Å²) >= 11 is 0. The lowest BCUT2D eigenvalue weighted by Gasteiger charge is -2.33. The molecule has 220 valence electrons. The molecule has 0 heterocycles. The van der Waals surface area contributed by atoms with Crippen molar-refractivity contribution in [2.45, 2.75) is 63.3 Å². The number of benzene rings is 3. The molecule has 0 saturated heterocycles. The highest BCUT2D eigenvalue weighted by atomic mass is 32.2. The maximum Gasteiger partial charge on any atom is 0.416 e.